The first-order valence-corrected chi connectivity index (χ1v) is 12.3. The van der Waals surface area contributed by atoms with E-state index >= 15 is 0 Å². The first-order chi connectivity index (χ1) is 17.5. The van der Waals surface area contributed by atoms with Crippen LogP contribution in [0, 0.1) is 5.82 Å². The van der Waals surface area contributed by atoms with Crippen molar-refractivity contribution >= 4 is 28.1 Å². The van der Waals surface area contributed by atoms with Crippen LogP contribution >= 0.6 is 0 Å². The molecule has 1 aromatic heterocycles. The molecule has 0 bridgehead atoms. The number of rotatable bonds is 8. The summed E-state index contributed by atoms with van der Waals surface area (Å²) in [6, 6.07) is 15.3. The molecule has 0 saturated carbocycles. The topological polar surface area (TPSA) is 59.5 Å². The predicted molar refractivity (Wildman–Crippen MR) is 143 cm³/mol. The third kappa shape index (κ3) is 4.41. The molecular formula is C29H31FN4O2. The van der Waals surface area contributed by atoms with Gasteiger partial charge in [0, 0.05) is 24.5 Å². The molecule has 0 amide bonds. The molecule has 2 heterocycles. The minimum absolute atomic E-state index is 0.190. The molecule has 36 heavy (non-hydrogen) atoms. The number of methoxy groups -OCH3 is 2. The van der Waals surface area contributed by atoms with Crippen LogP contribution in [-0.2, 0) is 0 Å². The van der Waals surface area contributed by atoms with Gasteiger partial charge in [-0.3, -0.25) is 0 Å². The van der Waals surface area contributed by atoms with Crippen molar-refractivity contribution in [3.8, 4) is 22.6 Å². The maximum atomic E-state index is 14.5. The average molecular weight is 487 g/mol. The largest absolute Gasteiger partial charge is 0.496 e. The Kier molecular flexibility index (Phi) is 6.63. The van der Waals surface area contributed by atoms with Gasteiger partial charge < -0.3 is 19.7 Å². The van der Waals surface area contributed by atoms with Crippen LogP contribution in [0.2, 0.25) is 0 Å². The highest BCUT2D eigenvalue weighted by Gasteiger charge is 2.19. The van der Waals surface area contributed by atoms with Gasteiger partial charge in [-0.2, -0.15) is 0 Å². The Morgan fingerprint density at radius 2 is 1.72 bits per heavy atom. The molecule has 1 atom stereocenters. The summed E-state index contributed by atoms with van der Waals surface area (Å²) < 4.78 is 25.8. The van der Waals surface area contributed by atoms with Crippen LogP contribution in [0.15, 0.2) is 54.9 Å². The number of halogens is 1. The van der Waals surface area contributed by atoms with Gasteiger partial charge in [-0.05, 0) is 65.8 Å². The third-order valence-electron chi connectivity index (χ3n) is 7.06. The molecule has 1 fully saturated rings. The summed E-state index contributed by atoms with van der Waals surface area (Å²) >= 11 is 0. The van der Waals surface area contributed by atoms with Gasteiger partial charge >= 0.3 is 0 Å². The van der Waals surface area contributed by atoms with Gasteiger partial charge in [0.1, 0.15) is 29.5 Å². The smallest absolute Gasteiger partial charge is 0.146 e. The average Bonchev–Trinajstić information content (AvgIpc) is 2.87. The zero-order valence-electron chi connectivity index (χ0n) is 21.1. The third-order valence-corrected chi connectivity index (χ3v) is 7.06. The second-order valence-electron chi connectivity index (χ2n) is 9.19. The summed E-state index contributed by atoms with van der Waals surface area (Å²) in [5, 5.41) is 4.37. The standard InChI is InChI=1S/C29H31FN4O2/c1-5-18(2)21-15-22-24(16-28(21)36-4)31-17-32-29(22)33-25-13-19(8-10-27(25)35-3)20-7-9-23(30)26(14-20)34-11-6-12-34/h7-10,13-18H,5-6,11-12H2,1-4H3,(H,31,32,33). The summed E-state index contributed by atoms with van der Waals surface area (Å²) in [5.74, 6) is 2.34. The Hall–Kier alpha value is -3.87. The van der Waals surface area contributed by atoms with E-state index in [1.807, 2.05) is 36.4 Å². The van der Waals surface area contributed by atoms with E-state index in [1.165, 1.54) is 0 Å². The van der Waals surface area contributed by atoms with Crippen LogP contribution < -0.4 is 19.7 Å². The monoisotopic (exact) mass is 486 g/mol. The van der Waals surface area contributed by atoms with Gasteiger partial charge in [0.05, 0.1) is 31.1 Å². The van der Waals surface area contributed by atoms with Crippen molar-refractivity contribution in [2.45, 2.75) is 32.6 Å². The van der Waals surface area contributed by atoms with E-state index in [2.05, 4.69) is 40.1 Å². The Bertz CT molecular complexity index is 1400. The lowest BCUT2D eigenvalue weighted by molar-refractivity contribution is 0.406. The zero-order chi connectivity index (χ0) is 25.2. The van der Waals surface area contributed by atoms with Crippen LogP contribution in [0.1, 0.15) is 38.2 Å². The van der Waals surface area contributed by atoms with Crippen LogP contribution in [-0.4, -0.2) is 37.3 Å². The van der Waals surface area contributed by atoms with Gasteiger partial charge in [0.15, 0.2) is 0 Å². The second-order valence-corrected chi connectivity index (χ2v) is 9.19. The van der Waals surface area contributed by atoms with Crippen molar-refractivity contribution in [2.75, 3.05) is 37.5 Å². The molecule has 0 spiro atoms. The quantitative estimate of drug-likeness (QED) is 0.292. The molecule has 0 aliphatic carbocycles. The SMILES string of the molecule is CCC(C)c1cc2c(Nc3cc(-c4ccc(F)c(N5CCC5)c4)ccc3OC)ncnc2cc1OC. The highest BCUT2D eigenvalue weighted by molar-refractivity contribution is 5.93. The van der Waals surface area contributed by atoms with E-state index in [1.54, 1.807) is 26.6 Å². The molecular weight excluding hydrogens is 455 g/mol. The van der Waals surface area contributed by atoms with Gasteiger partial charge in [-0.25, -0.2) is 14.4 Å². The molecule has 0 radical (unpaired) electrons. The first kappa shape index (κ1) is 23.9. The lowest BCUT2D eigenvalue weighted by Gasteiger charge is -2.33. The number of ether oxygens (including phenoxy) is 2. The van der Waals surface area contributed by atoms with Gasteiger partial charge in [-0.15, -0.1) is 0 Å². The molecule has 1 aliphatic rings. The molecule has 7 heteroatoms. The molecule has 1 saturated heterocycles. The van der Waals surface area contributed by atoms with E-state index in [4.69, 9.17) is 9.47 Å². The molecule has 1 N–H and O–H groups in total. The highest BCUT2D eigenvalue weighted by Crippen LogP contribution is 2.38. The van der Waals surface area contributed by atoms with Crippen molar-refractivity contribution in [2.24, 2.45) is 0 Å². The maximum absolute atomic E-state index is 14.5. The van der Waals surface area contributed by atoms with Crippen molar-refractivity contribution < 1.29 is 13.9 Å². The maximum Gasteiger partial charge on any atom is 0.146 e. The van der Waals surface area contributed by atoms with E-state index in [-0.39, 0.29) is 5.82 Å². The molecule has 1 aliphatic heterocycles. The summed E-state index contributed by atoms with van der Waals surface area (Å²) in [6.45, 7) is 6.12. The Morgan fingerprint density at radius 3 is 2.42 bits per heavy atom. The number of benzene rings is 3. The Labute approximate surface area is 211 Å². The molecule has 1 unspecified atom stereocenters. The number of hydrogen-bond acceptors (Lipinski definition) is 6. The molecule has 5 rings (SSSR count). The van der Waals surface area contributed by atoms with Gasteiger partial charge in [0.2, 0.25) is 0 Å². The summed E-state index contributed by atoms with van der Waals surface area (Å²) in [7, 11) is 3.33. The lowest BCUT2D eigenvalue weighted by atomic mass is 9.96. The fourth-order valence-electron chi connectivity index (χ4n) is 4.59. The van der Waals surface area contributed by atoms with Crippen molar-refractivity contribution in [1.82, 2.24) is 9.97 Å². The summed E-state index contributed by atoms with van der Waals surface area (Å²) in [4.78, 5) is 11.1. The van der Waals surface area contributed by atoms with E-state index < -0.39 is 0 Å². The Morgan fingerprint density at radius 1 is 0.972 bits per heavy atom. The van der Waals surface area contributed by atoms with Crippen LogP contribution in [0.25, 0.3) is 22.0 Å². The minimum Gasteiger partial charge on any atom is -0.496 e. The first-order valence-electron chi connectivity index (χ1n) is 12.3. The number of aromatic nitrogens is 2. The number of nitrogens with zero attached hydrogens (tertiary/aromatic N) is 3. The van der Waals surface area contributed by atoms with Crippen molar-refractivity contribution in [3.05, 3.63) is 66.2 Å². The van der Waals surface area contributed by atoms with E-state index in [0.29, 0.717) is 23.2 Å². The van der Waals surface area contributed by atoms with Gasteiger partial charge in [0.25, 0.3) is 0 Å². The van der Waals surface area contributed by atoms with Crippen LogP contribution in [0.5, 0.6) is 11.5 Å². The zero-order valence-corrected chi connectivity index (χ0v) is 21.1. The van der Waals surface area contributed by atoms with Crippen LogP contribution in [0.4, 0.5) is 21.6 Å². The normalized spacial score (nSPS) is 13.9. The molecule has 6 nitrogen and oxygen atoms in total. The fourth-order valence-corrected chi connectivity index (χ4v) is 4.59. The van der Waals surface area contributed by atoms with Crippen LogP contribution in [0.3, 0.4) is 0 Å². The Balaban J connectivity index is 1.56. The van der Waals surface area contributed by atoms with Gasteiger partial charge in [-0.1, -0.05) is 26.0 Å². The molecule has 186 valence electrons. The minimum atomic E-state index is -0.190. The van der Waals surface area contributed by atoms with Crippen molar-refractivity contribution in [1.29, 1.82) is 0 Å². The predicted octanol–water partition coefficient (Wildman–Crippen LogP) is 6.92. The number of anilines is 3. The summed E-state index contributed by atoms with van der Waals surface area (Å²) in [6.07, 6.45) is 3.63. The molecule has 4 aromatic rings. The summed E-state index contributed by atoms with van der Waals surface area (Å²) in [5.41, 5.74) is 5.24. The molecule has 3 aromatic carbocycles. The number of nitrogens with one attached hydrogen (secondary N) is 1. The lowest BCUT2D eigenvalue weighted by Crippen LogP contribution is -2.37. The van der Waals surface area contributed by atoms with E-state index in [9.17, 15) is 4.39 Å². The van der Waals surface area contributed by atoms with Crippen molar-refractivity contribution in [3.63, 3.8) is 0 Å². The van der Waals surface area contributed by atoms with E-state index in [0.717, 1.165) is 65.0 Å². The fraction of sp³-hybridized carbons (Fsp3) is 0.310. The number of hydrogen-bond donors (Lipinski definition) is 1. The second kappa shape index (κ2) is 10.0. The number of fused-ring (bicyclic) bond motifs is 1. The highest BCUT2D eigenvalue weighted by atomic mass is 19.1.